The molecule has 92 valence electrons. The lowest BCUT2D eigenvalue weighted by molar-refractivity contribution is 0.480. The van der Waals surface area contributed by atoms with Crippen LogP contribution in [-0.2, 0) is 6.42 Å². The van der Waals surface area contributed by atoms with Crippen LogP contribution in [0.1, 0.15) is 18.9 Å². The van der Waals surface area contributed by atoms with Gasteiger partial charge >= 0.3 is 0 Å². The maximum Gasteiger partial charge on any atom is 0.270 e. The fraction of sp³-hybridized carbons (Fsp3) is 0.250. The Hall–Kier alpha value is -2.37. The number of hydrogen-bond acceptors (Lipinski definition) is 5. The molecule has 0 unspecified atom stereocenters. The van der Waals surface area contributed by atoms with E-state index in [1.165, 1.54) is 6.07 Å². The third-order valence-corrected chi connectivity index (χ3v) is 2.89. The van der Waals surface area contributed by atoms with Gasteiger partial charge in [-0.15, -0.1) is 10.2 Å². The lowest BCUT2D eigenvalue weighted by atomic mass is 10.1. The van der Waals surface area contributed by atoms with Crippen LogP contribution in [0.3, 0.4) is 0 Å². The van der Waals surface area contributed by atoms with Gasteiger partial charge in [-0.05, 0) is 18.1 Å². The van der Waals surface area contributed by atoms with Gasteiger partial charge in [-0.3, -0.25) is 4.79 Å². The third kappa shape index (κ3) is 1.38. The van der Waals surface area contributed by atoms with Crippen LogP contribution in [0.2, 0.25) is 0 Å². The second kappa shape index (κ2) is 3.83. The lowest BCUT2D eigenvalue weighted by Gasteiger charge is -2.05. The van der Waals surface area contributed by atoms with Gasteiger partial charge in [0.2, 0.25) is 5.43 Å². The van der Waals surface area contributed by atoms with E-state index < -0.39 is 0 Å². The Morgan fingerprint density at radius 1 is 1.39 bits per heavy atom. The first-order valence-corrected chi connectivity index (χ1v) is 5.70. The summed E-state index contributed by atoms with van der Waals surface area (Å²) in [5.74, 6) is -0.0940. The van der Waals surface area contributed by atoms with E-state index >= 15 is 0 Å². The van der Waals surface area contributed by atoms with Crippen molar-refractivity contribution >= 4 is 22.2 Å². The number of aryl methyl sites for hydroxylation is 1. The van der Waals surface area contributed by atoms with Crippen molar-refractivity contribution in [3.05, 3.63) is 27.9 Å². The number of benzene rings is 1. The van der Waals surface area contributed by atoms with Gasteiger partial charge in [-0.25, -0.2) is 0 Å². The van der Waals surface area contributed by atoms with Gasteiger partial charge in [0, 0.05) is 0 Å². The Kier molecular flexibility index (Phi) is 2.29. The number of aromatic nitrogens is 3. The van der Waals surface area contributed by atoms with E-state index in [0.29, 0.717) is 5.58 Å². The summed E-state index contributed by atoms with van der Waals surface area (Å²) in [6, 6.07) is 3.27. The molecule has 0 saturated heterocycles. The maximum atomic E-state index is 12.2. The van der Waals surface area contributed by atoms with E-state index in [-0.39, 0.29) is 27.8 Å². The van der Waals surface area contributed by atoms with Crippen LogP contribution in [0.5, 0.6) is 5.75 Å². The van der Waals surface area contributed by atoms with Crippen molar-refractivity contribution in [1.29, 1.82) is 0 Å². The van der Waals surface area contributed by atoms with Crippen LogP contribution in [0, 0.1) is 0 Å². The molecule has 0 aliphatic heterocycles. The molecule has 0 atom stereocenters. The number of nitrogens with one attached hydrogen (secondary N) is 1. The highest BCUT2D eigenvalue weighted by Crippen LogP contribution is 2.27. The Morgan fingerprint density at radius 3 is 3.00 bits per heavy atom. The second-order valence-corrected chi connectivity index (χ2v) is 4.11. The molecule has 2 heterocycles. The van der Waals surface area contributed by atoms with Crippen LogP contribution < -0.4 is 5.43 Å². The first-order chi connectivity index (χ1) is 8.72. The number of fused-ring (bicyclic) bond motifs is 2. The van der Waals surface area contributed by atoms with Gasteiger partial charge in [0.15, 0.2) is 5.52 Å². The Balaban J connectivity index is 2.52. The highest BCUT2D eigenvalue weighted by molar-refractivity contribution is 5.92. The van der Waals surface area contributed by atoms with Crippen LogP contribution in [0.15, 0.2) is 21.3 Å². The highest BCUT2D eigenvalue weighted by Gasteiger charge is 2.16. The first-order valence-electron chi connectivity index (χ1n) is 5.70. The number of rotatable bonds is 2. The van der Waals surface area contributed by atoms with Gasteiger partial charge in [0.05, 0.1) is 0 Å². The smallest absolute Gasteiger partial charge is 0.270 e. The minimum atomic E-state index is -0.365. The lowest BCUT2D eigenvalue weighted by Crippen LogP contribution is -2.04. The third-order valence-electron chi connectivity index (χ3n) is 2.89. The standard InChI is InChI=1S/C12H11N3O3/c1-2-3-6-4-5-7(16)8-10(17)9-12(14-15-13-9)18-11(6)8/h4-5,16H,2-3H2,1H3,(H,13,14,15). The quantitative estimate of drug-likeness (QED) is 0.717. The minimum Gasteiger partial charge on any atom is -0.507 e. The van der Waals surface area contributed by atoms with E-state index in [2.05, 4.69) is 15.4 Å². The average molecular weight is 245 g/mol. The normalized spacial score (nSPS) is 11.4. The van der Waals surface area contributed by atoms with Crippen LogP contribution in [0.4, 0.5) is 0 Å². The zero-order chi connectivity index (χ0) is 12.7. The van der Waals surface area contributed by atoms with E-state index in [4.69, 9.17) is 4.42 Å². The molecule has 0 aliphatic rings. The van der Waals surface area contributed by atoms with E-state index in [1.807, 2.05) is 6.92 Å². The molecule has 6 heteroatoms. The zero-order valence-corrected chi connectivity index (χ0v) is 9.73. The van der Waals surface area contributed by atoms with Crippen LogP contribution in [-0.4, -0.2) is 20.5 Å². The monoisotopic (exact) mass is 245 g/mol. The number of nitrogens with zero attached hydrogens (tertiary/aromatic N) is 2. The van der Waals surface area contributed by atoms with Crippen molar-refractivity contribution < 1.29 is 9.52 Å². The van der Waals surface area contributed by atoms with E-state index in [9.17, 15) is 9.90 Å². The molecule has 0 amide bonds. The molecule has 0 aliphatic carbocycles. The Bertz CT molecular complexity index is 788. The van der Waals surface area contributed by atoms with Crippen LogP contribution >= 0.6 is 0 Å². The molecule has 0 fully saturated rings. The Morgan fingerprint density at radius 2 is 2.22 bits per heavy atom. The number of phenols is 1. The molecule has 2 aromatic heterocycles. The summed E-state index contributed by atoms with van der Waals surface area (Å²) in [5.41, 5.74) is 1.17. The van der Waals surface area contributed by atoms with Crippen molar-refractivity contribution in [3.63, 3.8) is 0 Å². The van der Waals surface area contributed by atoms with Crippen molar-refractivity contribution in [3.8, 4) is 5.75 Å². The van der Waals surface area contributed by atoms with Crippen LogP contribution in [0.25, 0.3) is 22.2 Å². The molecule has 6 nitrogen and oxygen atoms in total. The SMILES string of the molecule is CCCc1ccc(O)c2c(=O)c3n[nH]nc3oc12. The summed E-state index contributed by atoms with van der Waals surface area (Å²) in [7, 11) is 0. The number of aromatic hydroxyl groups is 1. The van der Waals surface area contributed by atoms with Gasteiger partial charge in [-0.1, -0.05) is 19.4 Å². The average Bonchev–Trinajstić information content (AvgIpc) is 2.81. The first kappa shape index (κ1) is 10.8. The molecule has 1 aromatic carbocycles. The molecule has 0 spiro atoms. The predicted octanol–water partition coefficient (Wildman–Crippen LogP) is 1.72. The summed E-state index contributed by atoms with van der Waals surface area (Å²) >= 11 is 0. The van der Waals surface area contributed by atoms with E-state index in [0.717, 1.165) is 18.4 Å². The van der Waals surface area contributed by atoms with Crippen molar-refractivity contribution in [1.82, 2.24) is 15.4 Å². The number of hydrogen-bond donors (Lipinski definition) is 2. The summed E-state index contributed by atoms with van der Waals surface area (Å²) in [4.78, 5) is 12.2. The minimum absolute atomic E-state index is 0.0940. The predicted molar refractivity (Wildman–Crippen MR) is 65.6 cm³/mol. The van der Waals surface area contributed by atoms with Crippen molar-refractivity contribution in [2.24, 2.45) is 0 Å². The molecule has 2 N–H and O–H groups in total. The molecule has 0 bridgehead atoms. The summed E-state index contributed by atoms with van der Waals surface area (Å²) in [6.07, 6.45) is 1.68. The molecule has 3 aromatic rings. The van der Waals surface area contributed by atoms with Gasteiger partial charge in [-0.2, -0.15) is 5.21 Å². The number of H-pyrrole nitrogens is 1. The number of phenolic OH excluding ortho intramolecular Hbond substituents is 1. The fourth-order valence-corrected chi connectivity index (χ4v) is 2.07. The molecule has 3 rings (SSSR count). The van der Waals surface area contributed by atoms with Crippen molar-refractivity contribution in [2.75, 3.05) is 0 Å². The summed E-state index contributed by atoms with van der Waals surface area (Å²) in [6.45, 7) is 2.03. The van der Waals surface area contributed by atoms with Gasteiger partial charge in [0.25, 0.3) is 5.71 Å². The zero-order valence-electron chi connectivity index (χ0n) is 9.73. The fourth-order valence-electron chi connectivity index (χ4n) is 2.07. The van der Waals surface area contributed by atoms with Gasteiger partial charge in [0.1, 0.15) is 16.7 Å². The van der Waals surface area contributed by atoms with E-state index in [1.54, 1.807) is 6.07 Å². The topological polar surface area (TPSA) is 92.0 Å². The maximum absolute atomic E-state index is 12.2. The molecular formula is C12H11N3O3. The molecule has 0 saturated carbocycles. The number of aromatic amines is 1. The molecule has 18 heavy (non-hydrogen) atoms. The highest BCUT2D eigenvalue weighted by atomic mass is 16.3. The molecular weight excluding hydrogens is 234 g/mol. The second-order valence-electron chi connectivity index (χ2n) is 4.11. The molecule has 0 radical (unpaired) electrons. The van der Waals surface area contributed by atoms with Crippen molar-refractivity contribution in [2.45, 2.75) is 19.8 Å². The Labute approximate surface area is 101 Å². The van der Waals surface area contributed by atoms with Gasteiger partial charge < -0.3 is 9.52 Å². The largest absolute Gasteiger partial charge is 0.507 e. The summed E-state index contributed by atoms with van der Waals surface area (Å²) < 4.78 is 5.57. The summed E-state index contributed by atoms with van der Waals surface area (Å²) in [5, 5.41) is 19.8.